The van der Waals surface area contributed by atoms with Gasteiger partial charge in [-0.1, -0.05) is 36.4 Å². The summed E-state index contributed by atoms with van der Waals surface area (Å²) < 4.78 is 16.5. The monoisotopic (exact) mass is 449 g/mol. The molecule has 166 valence electrons. The van der Waals surface area contributed by atoms with Crippen molar-refractivity contribution >= 4 is 23.4 Å². The lowest BCUT2D eigenvalue weighted by molar-refractivity contribution is -0.118. The molecule has 0 saturated carbocycles. The van der Waals surface area contributed by atoms with Crippen LogP contribution in [0.5, 0.6) is 17.2 Å². The van der Waals surface area contributed by atoms with E-state index >= 15 is 0 Å². The Kier molecular flexibility index (Phi) is 6.61. The lowest BCUT2D eigenvalue weighted by Gasteiger charge is -2.23. The van der Waals surface area contributed by atoms with Crippen molar-refractivity contribution in [3.05, 3.63) is 77.4 Å². The van der Waals surface area contributed by atoms with Crippen molar-refractivity contribution in [1.82, 2.24) is 0 Å². The number of amides is 1. The summed E-state index contributed by atoms with van der Waals surface area (Å²) in [6.07, 6.45) is 0.365. The van der Waals surface area contributed by atoms with E-state index in [0.29, 0.717) is 30.2 Å². The van der Waals surface area contributed by atoms with Crippen LogP contribution in [0.3, 0.4) is 0 Å². The van der Waals surface area contributed by atoms with E-state index < -0.39 is 0 Å². The minimum absolute atomic E-state index is 0.0840. The molecule has 0 aliphatic carbocycles. The lowest BCUT2D eigenvalue weighted by Crippen LogP contribution is -2.30. The van der Waals surface area contributed by atoms with E-state index in [4.69, 9.17) is 14.2 Å². The molecule has 0 spiro atoms. The van der Waals surface area contributed by atoms with Crippen molar-refractivity contribution in [1.29, 1.82) is 0 Å². The Hall–Kier alpha value is -3.12. The van der Waals surface area contributed by atoms with E-state index in [-0.39, 0.29) is 11.2 Å². The first-order chi connectivity index (χ1) is 15.5. The fourth-order valence-electron chi connectivity index (χ4n) is 3.98. The maximum absolute atomic E-state index is 13.5. The van der Waals surface area contributed by atoms with Crippen LogP contribution in [0.15, 0.2) is 65.6 Å². The van der Waals surface area contributed by atoms with E-state index in [9.17, 15) is 4.79 Å². The third kappa shape index (κ3) is 4.28. The summed E-state index contributed by atoms with van der Waals surface area (Å²) in [4.78, 5) is 16.5. The second-order valence-electron chi connectivity index (χ2n) is 7.64. The number of anilines is 1. The average molecular weight is 450 g/mol. The summed E-state index contributed by atoms with van der Waals surface area (Å²) in [7, 11) is 4.79. The van der Waals surface area contributed by atoms with Gasteiger partial charge in [-0.25, -0.2) is 0 Å². The van der Waals surface area contributed by atoms with Crippen molar-refractivity contribution in [2.45, 2.75) is 30.0 Å². The Morgan fingerprint density at radius 3 is 2.25 bits per heavy atom. The van der Waals surface area contributed by atoms with Gasteiger partial charge in [-0.05, 0) is 47.9 Å². The minimum atomic E-state index is -0.0840. The van der Waals surface area contributed by atoms with Gasteiger partial charge >= 0.3 is 0 Å². The van der Waals surface area contributed by atoms with Gasteiger partial charge in [-0.2, -0.15) is 0 Å². The van der Waals surface area contributed by atoms with Gasteiger partial charge in [0.05, 0.1) is 33.6 Å². The number of nitrogens with zero attached hydrogens (tertiary/aromatic N) is 1. The van der Waals surface area contributed by atoms with Crippen LogP contribution in [0.4, 0.5) is 5.69 Å². The molecule has 0 aromatic heterocycles. The smallest absolute Gasteiger partial charge is 0.228 e. The SMILES string of the molecule is COc1cc([C@H]2CC(=O)N(Cc3ccccc3C)c3ccccc3S2)cc(OC)c1OC. The van der Waals surface area contributed by atoms with E-state index in [1.807, 2.05) is 47.4 Å². The first-order valence-corrected chi connectivity index (χ1v) is 11.3. The third-order valence-electron chi connectivity index (χ3n) is 5.73. The van der Waals surface area contributed by atoms with Crippen LogP contribution in [0, 0.1) is 6.92 Å². The number of thioether (sulfide) groups is 1. The molecular formula is C26H27NO4S. The summed E-state index contributed by atoms with van der Waals surface area (Å²) in [5.74, 6) is 1.81. The van der Waals surface area contributed by atoms with Gasteiger partial charge in [0.15, 0.2) is 11.5 Å². The molecule has 32 heavy (non-hydrogen) atoms. The van der Waals surface area contributed by atoms with E-state index in [0.717, 1.165) is 21.7 Å². The van der Waals surface area contributed by atoms with Gasteiger partial charge in [0, 0.05) is 16.6 Å². The largest absolute Gasteiger partial charge is 0.493 e. The van der Waals surface area contributed by atoms with Crippen molar-refractivity contribution in [2.75, 3.05) is 26.2 Å². The third-order valence-corrected chi connectivity index (χ3v) is 7.06. The summed E-state index contributed by atoms with van der Waals surface area (Å²) in [5, 5.41) is -0.0840. The zero-order chi connectivity index (χ0) is 22.7. The molecule has 0 N–H and O–H groups in total. The molecular weight excluding hydrogens is 422 g/mol. The molecule has 1 aliphatic rings. The molecule has 0 fully saturated rings. The lowest BCUT2D eigenvalue weighted by atomic mass is 10.1. The molecule has 0 bridgehead atoms. The Bertz CT molecular complexity index is 1110. The van der Waals surface area contributed by atoms with Gasteiger partial charge in [-0.3, -0.25) is 4.79 Å². The molecule has 1 atom stereocenters. The van der Waals surface area contributed by atoms with E-state index in [1.54, 1.807) is 33.1 Å². The number of benzene rings is 3. The number of ether oxygens (including phenoxy) is 3. The highest BCUT2D eigenvalue weighted by atomic mass is 32.2. The van der Waals surface area contributed by atoms with E-state index in [1.165, 1.54) is 5.56 Å². The molecule has 3 aromatic carbocycles. The van der Waals surface area contributed by atoms with Crippen molar-refractivity contribution in [2.24, 2.45) is 0 Å². The Morgan fingerprint density at radius 1 is 0.938 bits per heavy atom. The van der Waals surface area contributed by atoms with Gasteiger partial charge in [0.1, 0.15) is 0 Å². The highest BCUT2D eigenvalue weighted by Gasteiger charge is 2.30. The number of methoxy groups -OCH3 is 3. The van der Waals surface area contributed by atoms with Crippen molar-refractivity contribution < 1.29 is 19.0 Å². The number of fused-ring (bicyclic) bond motifs is 1. The Labute approximate surface area is 193 Å². The highest BCUT2D eigenvalue weighted by Crippen LogP contribution is 2.49. The predicted octanol–water partition coefficient (Wildman–Crippen LogP) is 5.79. The quantitative estimate of drug-likeness (QED) is 0.477. The standard InChI is InChI=1S/C26H27NO4S/c1-17-9-5-6-10-18(17)16-27-20-11-7-8-12-23(20)32-24(15-25(27)28)19-13-21(29-2)26(31-4)22(14-19)30-3/h5-14,24H,15-16H2,1-4H3/t24-/m1/s1. The molecule has 1 heterocycles. The van der Waals surface area contributed by atoms with Crippen molar-refractivity contribution in [3.63, 3.8) is 0 Å². The molecule has 1 amide bonds. The normalized spacial score (nSPS) is 15.7. The summed E-state index contributed by atoms with van der Waals surface area (Å²) in [6, 6.07) is 20.2. The van der Waals surface area contributed by atoms with Crippen LogP contribution >= 0.6 is 11.8 Å². The Balaban J connectivity index is 1.74. The minimum Gasteiger partial charge on any atom is -0.493 e. The fourth-order valence-corrected chi connectivity index (χ4v) is 5.24. The fraction of sp³-hybridized carbons (Fsp3) is 0.269. The molecule has 1 aliphatic heterocycles. The molecule has 0 radical (unpaired) electrons. The van der Waals surface area contributed by atoms with Crippen LogP contribution in [0.25, 0.3) is 0 Å². The van der Waals surface area contributed by atoms with Gasteiger partial charge < -0.3 is 19.1 Å². The maximum atomic E-state index is 13.5. The van der Waals surface area contributed by atoms with Gasteiger partial charge in [0.2, 0.25) is 11.7 Å². The van der Waals surface area contributed by atoms with Crippen molar-refractivity contribution in [3.8, 4) is 17.2 Å². The second-order valence-corrected chi connectivity index (χ2v) is 8.89. The van der Waals surface area contributed by atoms with Crippen LogP contribution < -0.4 is 19.1 Å². The van der Waals surface area contributed by atoms with Crippen LogP contribution in [-0.2, 0) is 11.3 Å². The summed E-state index contributed by atoms with van der Waals surface area (Å²) >= 11 is 1.69. The summed E-state index contributed by atoms with van der Waals surface area (Å²) in [6.45, 7) is 2.63. The summed E-state index contributed by atoms with van der Waals surface area (Å²) in [5.41, 5.74) is 4.23. The number of carbonyl (C=O) groups excluding carboxylic acids is 1. The van der Waals surface area contributed by atoms with E-state index in [2.05, 4.69) is 25.1 Å². The number of aryl methyl sites for hydroxylation is 1. The first-order valence-electron chi connectivity index (χ1n) is 10.5. The number of hydrogen-bond donors (Lipinski definition) is 0. The molecule has 3 aromatic rings. The topological polar surface area (TPSA) is 48.0 Å². The molecule has 5 nitrogen and oxygen atoms in total. The number of para-hydroxylation sites is 1. The number of rotatable bonds is 6. The average Bonchev–Trinajstić information content (AvgIpc) is 2.95. The molecule has 6 heteroatoms. The zero-order valence-corrected chi connectivity index (χ0v) is 19.6. The second kappa shape index (κ2) is 9.57. The Morgan fingerprint density at radius 2 is 1.59 bits per heavy atom. The highest BCUT2D eigenvalue weighted by molar-refractivity contribution is 7.99. The number of hydrogen-bond acceptors (Lipinski definition) is 5. The first kappa shape index (κ1) is 22.1. The van der Waals surface area contributed by atoms with Crippen LogP contribution in [0.2, 0.25) is 0 Å². The maximum Gasteiger partial charge on any atom is 0.228 e. The van der Waals surface area contributed by atoms with Gasteiger partial charge in [-0.15, -0.1) is 11.8 Å². The molecule has 0 unspecified atom stereocenters. The zero-order valence-electron chi connectivity index (χ0n) is 18.8. The van der Waals surface area contributed by atoms with Gasteiger partial charge in [0.25, 0.3) is 0 Å². The number of carbonyl (C=O) groups is 1. The molecule has 4 rings (SSSR count). The molecule has 0 saturated heterocycles. The predicted molar refractivity (Wildman–Crippen MR) is 128 cm³/mol. The van der Waals surface area contributed by atoms with Crippen LogP contribution in [-0.4, -0.2) is 27.2 Å². The van der Waals surface area contributed by atoms with Crippen LogP contribution in [0.1, 0.15) is 28.4 Å².